The highest BCUT2D eigenvalue weighted by molar-refractivity contribution is 5.68. The molecule has 2 N–H and O–H groups in total. The summed E-state index contributed by atoms with van der Waals surface area (Å²) < 4.78 is 6.06. The molecule has 3 rings (SSSR count). The van der Waals surface area contributed by atoms with Crippen LogP contribution < -0.4 is 4.74 Å². The largest absolute Gasteiger partial charge is 0.491 e. The lowest BCUT2D eigenvalue weighted by molar-refractivity contribution is 0.0458. The van der Waals surface area contributed by atoms with Gasteiger partial charge in [0.2, 0.25) is 0 Å². The Labute approximate surface area is 220 Å². The van der Waals surface area contributed by atoms with Gasteiger partial charge >= 0.3 is 6.09 Å². The molecule has 0 radical (unpaired) electrons. The minimum absolute atomic E-state index is 0.0805. The molecule has 0 spiro atoms. The average Bonchev–Trinajstić information content (AvgIpc) is 2.81. The Bertz CT molecular complexity index is 1220. The summed E-state index contributed by atoms with van der Waals surface area (Å²) in [5.41, 5.74) is 3.62. The summed E-state index contributed by atoms with van der Waals surface area (Å²) in [4.78, 5) is 22.5. The minimum atomic E-state index is -1.08. The van der Waals surface area contributed by atoms with Gasteiger partial charge in [0.15, 0.2) is 5.82 Å². The van der Waals surface area contributed by atoms with Crippen molar-refractivity contribution in [3.05, 3.63) is 65.9 Å². The molecule has 0 bridgehead atoms. The van der Waals surface area contributed by atoms with Gasteiger partial charge in [-0.05, 0) is 69.9 Å². The van der Waals surface area contributed by atoms with Crippen molar-refractivity contribution in [2.24, 2.45) is 0 Å². The number of carboxylic acid groups (broad SMARTS) is 1. The van der Waals surface area contributed by atoms with E-state index in [1.165, 1.54) is 4.90 Å². The zero-order chi connectivity index (χ0) is 27.5. The van der Waals surface area contributed by atoms with E-state index in [4.69, 9.17) is 9.72 Å². The Balaban J connectivity index is 1.96. The molecule has 0 saturated carbocycles. The fraction of sp³-hybridized carbons (Fsp3) is 0.433. The van der Waals surface area contributed by atoms with E-state index in [0.717, 1.165) is 28.1 Å². The third kappa shape index (κ3) is 6.66. The van der Waals surface area contributed by atoms with Crippen molar-refractivity contribution >= 4 is 6.09 Å². The summed E-state index contributed by atoms with van der Waals surface area (Å²) in [5, 5.41) is 19.8. The van der Waals surface area contributed by atoms with Gasteiger partial charge in [-0.25, -0.2) is 14.8 Å². The van der Waals surface area contributed by atoms with E-state index < -0.39 is 17.7 Å². The fourth-order valence-electron chi connectivity index (χ4n) is 4.37. The van der Waals surface area contributed by atoms with Crippen molar-refractivity contribution in [3.63, 3.8) is 0 Å². The van der Waals surface area contributed by atoms with Gasteiger partial charge in [-0.15, -0.1) is 0 Å². The molecule has 0 aliphatic carbocycles. The molecular formula is C30H39N3O4. The number of benzene rings is 2. The van der Waals surface area contributed by atoms with Crippen LogP contribution in [0.2, 0.25) is 0 Å². The van der Waals surface area contributed by atoms with Gasteiger partial charge in [0.25, 0.3) is 0 Å². The molecule has 7 nitrogen and oxygen atoms in total. The average molecular weight is 506 g/mol. The molecule has 0 aliphatic heterocycles. The Morgan fingerprint density at radius 2 is 1.59 bits per heavy atom. The third-order valence-corrected chi connectivity index (χ3v) is 6.07. The van der Waals surface area contributed by atoms with Crippen LogP contribution in [0.1, 0.15) is 72.6 Å². The van der Waals surface area contributed by atoms with E-state index in [-0.39, 0.29) is 18.1 Å². The maximum Gasteiger partial charge on any atom is 0.408 e. The second-order valence-corrected chi connectivity index (χ2v) is 11.5. The molecule has 1 heterocycles. The molecule has 1 unspecified atom stereocenters. The maximum absolute atomic E-state index is 11.9. The van der Waals surface area contributed by atoms with Crippen molar-refractivity contribution in [1.29, 1.82) is 0 Å². The number of carbonyl (C=O) groups is 1. The number of amides is 1. The molecule has 2 aromatic carbocycles. The summed E-state index contributed by atoms with van der Waals surface area (Å²) in [5.74, 6) is 1.44. The van der Waals surface area contributed by atoms with Crippen LogP contribution in [0, 0.1) is 0 Å². The SMILES string of the molecule is CC(C)Oc1ccc(-c2ccnc(-c3ccc(C(CO)N(C(=O)O)C(C)(C)C)cc3)n2)cc1C(C)(C)C. The number of aromatic nitrogens is 2. The van der Waals surface area contributed by atoms with Crippen LogP contribution in [-0.2, 0) is 5.41 Å². The first kappa shape index (κ1) is 28.1. The highest BCUT2D eigenvalue weighted by atomic mass is 16.5. The zero-order valence-electron chi connectivity index (χ0n) is 23.1. The predicted molar refractivity (Wildman–Crippen MR) is 147 cm³/mol. The van der Waals surface area contributed by atoms with E-state index in [9.17, 15) is 15.0 Å². The quantitative estimate of drug-likeness (QED) is 0.371. The highest BCUT2D eigenvalue weighted by Gasteiger charge is 2.33. The Hall–Kier alpha value is -3.45. The van der Waals surface area contributed by atoms with Gasteiger partial charge in [-0.1, -0.05) is 45.0 Å². The van der Waals surface area contributed by atoms with E-state index in [2.05, 4.69) is 31.8 Å². The van der Waals surface area contributed by atoms with Gasteiger partial charge in [-0.3, -0.25) is 4.90 Å². The molecule has 37 heavy (non-hydrogen) atoms. The monoisotopic (exact) mass is 505 g/mol. The summed E-state index contributed by atoms with van der Waals surface area (Å²) in [6.45, 7) is 15.6. The van der Waals surface area contributed by atoms with E-state index in [1.807, 2.05) is 77.1 Å². The lowest BCUT2D eigenvalue weighted by atomic mass is 9.85. The fourth-order valence-corrected chi connectivity index (χ4v) is 4.37. The van der Waals surface area contributed by atoms with Crippen molar-refractivity contribution in [2.45, 2.75) is 78.5 Å². The van der Waals surface area contributed by atoms with Crippen LogP contribution in [0.5, 0.6) is 5.75 Å². The molecule has 3 aromatic rings. The number of hydrogen-bond acceptors (Lipinski definition) is 5. The normalized spacial score (nSPS) is 12.9. The smallest absolute Gasteiger partial charge is 0.408 e. The number of hydrogen-bond donors (Lipinski definition) is 2. The van der Waals surface area contributed by atoms with Crippen molar-refractivity contribution in [3.8, 4) is 28.4 Å². The highest BCUT2D eigenvalue weighted by Crippen LogP contribution is 2.36. The molecular weight excluding hydrogens is 466 g/mol. The van der Waals surface area contributed by atoms with Gasteiger partial charge in [0, 0.05) is 28.4 Å². The van der Waals surface area contributed by atoms with Crippen LogP contribution in [0.4, 0.5) is 4.79 Å². The van der Waals surface area contributed by atoms with E-state index in [1.54, 1.807) is 6.20 Å². The first-order chi connectivity index (χ1) is 17.2. The minimum Gasteiger partial charge on any atom is -0.491 e. The topological polar surface area (TPSA) is 95.8 Å². The van der Waals surface area contributed by atoms with E-state index >= 15 is 0 Å². The zero-order valence-corrected chi connectivity index (χ0v) is 23.1. The number of nitrogens with zero attached hydrogens (tertiary/aromatic N) is 3. The number of rotatable bonds is 7. The molecule has 1 atom stereocenters. The standard InChI is InChI=1S/C30H39N3O4/c1-19(2)37-26-14-13-22(17-23(26)29(3,4)5)24-15-16-31-27(32-24)21-11-9-20(10-12-21)25(18-34)33(28(35)36)30(6,7)8/h9-17,19,25,34H,18H2,1-8H3,(H,35,36). The number of aliphatic hydroxyl groups is 1. The Kier molecular flexibility index (Phi) is 8.28. The van der Waals surface area contributed by atoms with Crippen LogP contribution >= 0.6 is 0 Å². The summed E-state index contributed by atoms with van der Waals surface area (Å²) in [7, 11) is 0. The van der Waals surface area contributed by atoms with Crippen molar-refractivity contribution in [1.82, 2.24) is 14.9 Å². The van der Waals surface area contributed by atoms with Crippen LogP contribution in [0.3, 0.4) is 0 Å². The van der Waals surface area contributed by atoms with Crippen LogP contribution in [-0.4, -0.2) is 49.4 Å². The molecule has 0 aliphatic rings. The molecule has 7 heteroatoms. The lowest BCUT2D eigenvalue weighted by Gasteiger charge is -2.39. The molecule has 0 fully saturated rings. The second-order valence-electron chi connectivity index (χ2n) is 11.5. The molecule has 1 aromatic heterocycles. The van der Waals surface area contributed by atoms with Gasteiger partial charge < -0.3 is 14.9 Å². The predicted octanol–water partition coefficient (Wildman–Crippen LogP) is 6.71. The van der Waals surface area contributed by atoms with Crippen LogP contribution in [0.15, 0.2) is 54.7 Å². The van der Waals surface area contributed by atoms with Gasteiger partial charge in [0.1, 0.15) is 5.75 Å². The van der Waals surface area contributed by atoms with Gasteiger partial charge in [-0.2, -0.15) is 0 Å². The number of aliphatic hydroxyl groups excluding tert-OH is 1. The Morgan fingerprint density at radius 3 is 2.11 bits per heavy atom. The maximum atomic E-state index is 11.9. The number of ether oxygens (including phenoxy) is 1. The van der Waals surface area contributed by atoms with Gasteiger partial charge in [0.05, 0.1) is 24.4 Å². The lowest BCUT2D eigenvalue weighted by Crippen LogP contribution is -2.48. The Morgan fingerprint density at radius 1 is 0.973 bits per heavy atom. The first-order valence-electron chi connectivity index (χ1n) is 12.6. The van der Waals surface area contributed by atoms with E-state index in [0.29, 0.717) is 11.4 Å². The second kappa shape index (κ2) is 10.9. The summed E-state index contributed by atoms with van der Waals surface area (Å²) >= 11 is 0. The first-order valence-corrected chi connectivity index (χ1v) is 12.6. The van der Waals surface area contributed by atoms with Crippen molar-refractivity contribution in [2.75, 3.05) is 6.61 Å². The third-order valence-electron chi connectivity index (χ3n) is 6.07. The molecule has 0 saturated heterocycles. The molecule has 1 amide bonds. The van der Waals surface area contributed by atoms with Crippen LogP contribution in [0.25, 0.3) is 22.6 Å². The van der Waals surface area contributed by atoms with Crippen molar-refractivity contribution < 1.29 is 19.7 Å². The summed E-state index contributed by atoms with van der Waals surface area (Å²) in [6, 6.07) is 14.7. The summed E-state index contributed by atoms with van der Waals surface area (Å²) in [6.07, 6.45) is 0.742. The molecule has 198 valence electrons.